The quantitative estimate of drug-likeness (QED) is 0.317. The van der Waals surface area contributed by atoms with Gasteiger partial charge in [-0.1, -0.05) is 48.5 Å². The van der Waals surface area contributed by atoms with E-state index in [1.54, 1.807) is 0 Å². The number of ether oxygens (including phenoxy) is 2. The first-order chi connectivity index (χ1) is 16.8. The highest BCUT2D eigenvalue weighted by Crippen LogP contribution is 2.12. The van der Waals surface area contributed by atoms with Crippen LogP contribution in [0.15, 0.2) is 97.2 Å². The first-order valence-corrected chi connectivity index (χ1v) is 11.3. The van der Waals surface area contributed by atoms with Crippen LogP contribution >= 0.6 is 0 Å². The lowest BCUT2D eigenvalue weighted by atomic mass is 10.2. The van der Waals surface area contributed by atoms with Gasteiger partial charge in [-0.15, -0.1) is 0 Å². The third kappa shape index (κ3) is 7.21. The maximum atomic E-state index is 12.3. The van der Waals surface area contributed by atoms with Crippen molar-refractivity contribution >= 4 is 11.7 Å². The summed E-state index contributed by atoms with van der Waals surface area (Å²) in [6, 6.07) is 28.9. The molecule has 0 aliphatic rings. The Morgan fingerprint density at radius 1 is 0.882 bits per heavy atom. The van der Waals surface area contributed by atoms with Gasteiger partial charge in [0.15, 0.2) is 0 Å². The lowest BCUT2D eigenvalue weighted by Crippen LogP contribution is -2.30. The van der Waals surface area contributed by atoms with Crippen LogP contribution in [0.4, 0.5) is 10.5 Å². The smallest absolute Gasteiger partial charge is 0.319 e. The molecule has 7 nitrogen and oxygen atoms in total. The lowest BCUT2D eigenvalue weighted by Gasteiger charge is -2.10. The molecule has 174 valence electrons. The zero-order valence-electron chi connectivity index (χ0n) is 18.9. The summed E-state index contributed by atoms with van der Waals surface area (Å²) in [6.07, 6.45) is 2.57. The molecule has 1 heterocycles. The number of urea groups is 1. The molecule has 4 aromatic rings. The molecule has 0 bridgehead atoms. The number of anilines is 1. The fourth-order valence-electron chi connectivity index (χ4n) is 3.36. The summed E-state index contributed by atoms with van der Waals surface area (Å²) in [6.45, 7) is 1.89. The van der Waals surface area contributed by atoms with Crippen molar-refractivity contribution in [3.05, 3.63) is 108 Å². The number of hydrogen-bond acceptors (Lipinski definition) is 4. The molecule has 0 saturated heterocycles. The second-order valence-corrected chi connectivity index (χ2v) is 7.63. The SMILES string of the molecule is O=C(NCCc1ccn(-c2ccccc2)n1)Nc1cccc(COCCOc2ccccc2)c1. The molecule has 4 rings (SSSR count). The Morgan fingerprint density at radius 3 is 2.50 bits per heavy atom. The molecule has 34 heavy (non-hydrogen) atoms. The highest BCUT2D eigenvalue weighted by molar-refractivity contribution is 5.89. The third-order valence-corrected chi connectivity index (χ3v) is 5.02. The molecule has 0 radical (unpaired) electrons. The number of rotatable bonds is 11. The second kappa shape index (κ2) is 12.2. The highest BCUT2D eigenvalue weighted by Gasteiger charge is 2.05. The minimum Gasteiger partial charge on any atom is -0.491 e. The standard InChI is InChI=1S/C27H28N4O3/c32-27(28-16-14-23-15-17-31(30-23)25-10-3-1-4-11-25)29-24-9-7-8-22(20-24)21-33-18-19-34-26-12-5-2-6-13-26/h1-13,15,17,20H,14,16,18-19,21H2,(H2,28,29,32). The van der Waals surface area contributed by atoms with E-state index in [1.807, 2.05) is 102 Å². The van der Waals surface area contributed by atoms with E-state index in [4.69, 9.17) is 9.47 Å². The number of nitrogens with zero attached hydrogens (tertiary/aromatic N) is 2. The van der Waals surface area contributed by atoms with E-state index < -0.39 is 0 Å². The van der Waals surface area contributed by atoms with Crippen LogP contribution in [-0.4, -0.2) is 35.6 Å². The number of carbonyl (C=O) groups excluding carboxylic acids is 1. The molecule has 1 aromatic heterocycles. The first kappa shape index (κ1) is 23.1. The van der Waals surface area contributed by atoms with Gasteiger partial charge in [0.05, 0.1) is 24.6 Å². The summed E-state index contributed by atoms with van der Waals surface area (Å²) in [4.78, 5) is 12.3. The molecular formula is C27H28N4O3. The predicted octanol–water partition coefficient (Wildman–Crippen LogP) is 4.83. The third-order valence-electron chi connectivity index (χ3n) is 5.02. The maximum absolute atomic E-state index is 12.3. The largest absolute Gasteiger partial charge is 0.491 e. The van der Waals surface area contributed by atoms with E-state index in [0.717, 1.165) is 22.7 Å². The van der Waals surface area contributed by atoms with E-state index in [2.05, 4.69) is 15.7 Å². The van der Waals surface area contributed by atoms with E-state index >= 15 is 0 Å². The average molecular weight is 457 g/mol. The second-order valence-electron chi connectivity index (χ2n) is 7.63. The lowest BCUT2D eigenvalue weighted by molar-refractivity contribution is 0.0889. The molecule has 0 unspecified atom stereocenters. The number of aromatic nitrogens is 2. The summed E-state index contributed by atoms with van der Waals surface area (Å²) in [5, 5.41) is 10.3. The minimum absolute atomic E-state index is 0.253. The Kier molecular flexibility index (Phi) is 8.29. The zero-order chi connectivity index (χ0) is 23.4. The van der Waals surface area contributed by atoms with Crippen LogP contribution in [0, 0.1) is 0 Å². The van der Waals surface area contributed by atoms with Gasteiger partial charge in [0.2, 0.25) is 0 Å². The number of para-hydroxylation sites is 2. The summed E-state index contributed by atoms with van der Waals surface area (Å²) in [5.41, 5.74) is 3.61. The van der Waals surface area contributed by atoms with Gasteiger partial charge >= 0.3 is 6.03 Å². The van der Waals surface area contributed by atoms with Crippen molar-refractivity contribution in [2.24, 2.45) is 0 Å². The summed E-state index contributed by atoms with van der Waals surface area (Å²) in [7, 11) is 0. The Morgan fingerprint density at radius 2 is 1.68 bits per heavy atom. The Hall–Kier alpha value is -4.10. The Labute approximate surface area is 199 Å². The van der Waals surface area contributed by atoms with Gasteiger partial charge in [-0.05, 0) is 48.0 Å². The molecule has 0 fully saturated rings. The van der Waals surface area contributed by atoms with Crippen LogP contribution in [0.1, 0.15) is 11.3 Å². The first-order valence-electron chi connectivity index (χ1n) is 11.3. The number of benzene rings is 3. The van der Waals surface area contributed by atoms with Crippen molar-refractivity contribution < 1.29 is 14.3 Å². The molecule has 2 N–H and O–H groups in total. The van der Waals surface area contributed by atoms with Crippen LogP contribution in [0.25, 0.3) is 5.69 Å². The monoisotopic (exact) mass is 456 g/mol. The Bertz CT molecular complexity index is 1160. The van der Waals surface area contributed by atoms with Gasteiger partial charge in [0.1, 0.15) is 12.4 Å². The van der Waals surface area contributed by atoms with Gasteiger partial charge in [-0.25, -0.2) is 9.48 Å². The molecule has 0 atom stereocenters. The van der Waals surface area contributed by atoms with Crippen LogP contribution in [0.2, 0.25) is 0 Å². The fraction of sp³-hybridized carbons (Fsp3) is 0.185. The molecular weight excluding hydrogens is 428 g/mol. The Balaban J connectivity index is 1.15. The van der Waals surface area contributed by atoms with E-state index in [9.17, 15) is 4.79 Å². The summed E-state index contributed by atoms with van der Waals surface area (Å²) < 4.78 is 13.1. The molecule has 0 aliphatic heterocycles. The molecule has 7 heteroatoms. The summed E-state index contributed by atoms with van der Waals surface area (Å²) in [5.74, 6) is 0.827. The zero-order valence-corrected chi connectivity index (χ0v) is 18.9. The van der Waals surface area contributed by atoms with Crippen molar-refractivity contribution in [2.75, 3.05) is 25.1 Å². The average Bonchev–Trinajstić information content (AvgIpc) is 3.34. The van der Waals surface area contributed by atoms with Crippen molar-refractivity contribution in [1.82, 2.24) is 15.1 Å². The van der Waals surface area contributed by atoms with E-state index in [0.29, 0.717) is 38.5 Å². The van der Waals surface area contributed by atoms with Crippen LogP contribution < -0.4 is 15.4 Å². The van der Waals surface area contributed by atoms with Crippen molar-refractivity contribution in [3.63, 3.8) is 0 Å². The molecule has 2 amide bonds. The number of hydrogen-bond donors (Lipinski definition) is 2. The molecule has 3 aromatic carbocycles. The van der Waals surface area contributed by atoms with Gasteiger partial charge in [0, 0.05) is 24.8 Å². The predicted molar refractivity (Wildman–Crippen MR) is 132 cm³/mol. The van der Waals surface area contributed by atoms with E-state index in [-0.39, 0.29) is 6.03 Å². The van der Waals surface area contributed by atoms with Crippen molar-refractivity contribution in [3.8, 4) is 11.4 Å². The van der Waals surface area contributed by atoms with Crippen LogP contribution in [-0.2, 0) is 17.8 Å². The van der Waals surface area contributed by atoms with Gasteiger partial charge in [-0.3, -0.25) is 0 Å². The van der Waals surface area contributed by atoms with Gasteiger partial charge in [-0.2, -0.15) is 5.10 Å². The van der Waals surface area contributed by atoms with Crippen LogP contribution in [0.5, 0.6) is 5.75 Å². The number of amides is 2. The van der Waals surface area contributed by atoms with E-state index in [1.165, 1.54) is 0 Å². The number of nitrogens with one attached hydrogen (secondary N) is 2. The van der Waals surface area contributed by atoms with Crippen molar-refractivity contribution in [1.29, 1.82) is 0 Å². The van der Waals surface area contributed by atoms with Gasteiger partial charge < -0.3 is 20.1 Å². The minimum atomic E-state index is -0.253. The molecule has 0 saturated carbocycles. The normalized spacial score (nSPS) is 10.6. The molecule has 0 aliphatic carbocycles. The molecule has 0 spiro atoms. The van der Waals surface area contributed by atoms with Crippen molar-refractivity contribution in [2.45, 2.75) is 13.0 Å². The van der Waals surface area contributed by atoms with Crippen LogP contribution in [0.3, 0.4) is 0 Å². The number of carbonyl (C=O) groups is 1. The fourth-order valence-corrected chi connectivity index (χ4v) is 3.36. The van der Waals surface area contributed by atoms with Gasteiger partial charge in [0.25, 0.3) is 0 Å². The topological polar surface area (TPSA) is 77.4 Å². The maximum Gasteiger partial charge on any atom is 0.319 e. The summed E-state index contributed by atoms with van der Waals surface area (Å²) >= 11 is 0. The highest BCUT2D eigenvalue weighted by atomic mass is 16.5.